The highest BCUT2D eigenvalue weighted by Gasteiger charge is 2.07. The summed E-state index contributed by atoms with van der Waals surface area (Å²) in [5, 5.41) is 14.3. The number of fused-ring (bicyclic) bond motifs is 1. The van der Waals surface area contributed by atoms with Crippen LogP contribution in [-0.2, 0) is 6.61 Å². The van der Waals surface area contributed by atoms with Gasteiger partial charge in [-0.1, -0.05) is 23.9 Å². The minimum absolute atomic E-state index is 0.0700. The highest BCUT2D eigenvalue weighted by atomic mass is 32.2. The van der Waals surface area contributed by atoms with Gasteiger partial charge in [-0.15, -0.1) is 0 Å². The molecule has 0 spiro atoms. The minimum Gasteiger partial charge on any atom is -0.392 e. The Balaban J connectivity index is 1.95. The lowest BCUT2D eigenvalue weighted by atomic mass is 10.2. The first-order valence-electron chi connectivity index (χ1n) is 5.95. The lowest BCUT2D eigenvalue weighted by molar-refractivity contribution is 0.282. The first-order chi connectivity index (χ1) is 9.26. The number of hydrogen-bond donors (Lipinski definition) is 1. The topological polar surface area (TPSA) is 50.4 Å². The van der Waals surface area contributed by atoms with Crippen molar-refractivity contribution < 1.29 is 5.11 Å². The Kier molecular flexibility index (Phi) is 3.23. The van der Waals surface area contributed by atoms with Gasteiger partial charge >= 0.3 is 0 Å². The summed E-state index contributed by atoms with van der Waals surface area (Å²) in [5.41, 5.74) is 2.90. The molecule has 0 fully saturated rings. The summed E-state index contributed by atoms with van der Waals surface area (Å²) < 4.78 is 1.84. The Labute approximate surface area is 115 Å². The van der Waals surface area contributed by atoms with Gasteiger partial charge in [0.1, 0.15) is 5.03 Å². The molecule has 2 aromatic heterocycles. The second kappa shape index (κ2) is 5.03. The third-order valence-corrected chi connectivity index (χ3v) is 3.81. The van der Waals surface area contributed by atoms with Crippen molar-refractivity contribution in [1.82, 2.24) is 14.6 Å². The molecule has 0 aliphatic heterocycles. The van der Waals surface area contributed by atoms with E-state index in [4.69, 9.17) is 5.11 Å². The molecule has 0 unspecified atom stereocenters. The predicted molar refractivity (Wildman–Crippen MR) is 74.2 cm³/mol. The van der Waals surface area contributed by atoms with E-state index >= 15 is 0 Å². The van der Waals surface area contributed by atoms with Gasteiger partial charge in [-0.3, -0.25) is 0 Å². The van der Waals surface area contributed by atoms with Crippen LogP contribution in [0.1, 0.15) is 11.3 Å². The first-order valence-corrected chi connectivity index (χ1v) is 6.76. The molecule has 0 atom stereocenters. The van der Waals surface area contributed by atoms with Crippen molar-refractivity contribution in [3.8, 4) is 0 Å². The zero-order valence-electron chi connectivity index (χ0n) is 10.4. The number of benzene rings is 1. The highest BCUT2D eigenvalue weighted by molar-refractivity contribution is 7.99. The predicted octanol–water partition coefficient (Wildman–Crippen LogP) is 2.68. The van der Waals surface area contributed by atoms with Gasteiger partial charge in [0.25, 0.3) is 0 Å². The summed E-state index contributed by atoms with van der Waals surface area (Å²) >= 11 is 1.60. The summed E-state index contributed by atoms with van der Waals surface area (Å²) in [6, 6.07) is 9.85. The summed E-state index contributed by atoms with van der Waals surface area (Å²) in [6.45, 7) is 2.04. The molecule has 0 aliphatic rings. The molecule has 0 saturated heterocycles. The third kappa shape index (κ3) is 2.47. The number of aliphatic hydroxyl groups is 1. The molecule has 0 bridgehead atoms. The van der Waals surface area contributed by atoms with Gasteiger partial charge in [-0.05, 0) is 30.7 Å². The summed E-state index contributed by atoms with van der Waals surface area (Å²) in [6.07, 6.45) is 3.60. The number of aliphatic hydroxyl groups excluding tert-OH is 1. The maximum atomic E-state index is 9.03. The van der Waals surface area contributed by atoms with E-state index in [1.54, 1.807) is 18.0 Å². The van der Waals surface area contributed by atoms with E-state index in [1.165, 1.54) is 0 Å². The van der Waals surface area contributed by atoms with Crippen LogP contribution in [0.25, 0.3) is 5.52 Å². The van der Waals surface area contributed by atoms with Crippen LogP contribution in [0.15, 0.2) is 52.6 Å². The zero-order chi connectivity index (χ0) is 13.2. The van der Waals surface area contributed by atoms with E-state index in [9.17, 15) is 0 Å². The maximum absolute atomic E-state index is 9.03. The van der Waals surface area contributed by atoms with Gasteiger partial charge in [-0.2, -0.15) is 5.10 Å². The van der Waals surface area contributed by atoms with Gasteiger partial charge in [-0.25, -0.2) is 9.50 Å². The molecular formula is C14H13N3OS. The highest BCUT2D eigenvalue weighted by Crippen LogP contribution is 2.29. The van der Waals surface area contributed by atoms with Crippen molar-refractivity contribution >= 4 is 17.3 Å². The molecular weight excluding hydrogens is 258 g/mol. The first kappa shape index (κ1) is 12.2. The van der Waals surface area contributed by atoms with Crippen LogP contribution in [0.5, 0.6) is 0 Å². The van der Waals surface area contributed by atoms with Gasteiger partial charge < -0.3 is 5.11 Å². The molecule has 96 valence electrons. The molecule has 0 saturated carbocycles. The Morgan fingerprint density at radius 2 is 2.05 bits per heavy atom. The molecule has 4 nitrogen and oxygen atoms in total. The Morgan fingerprint density at radius 3 is 2.79 bits per heavy atom. The third-order valence-electron chi connectivity index (χ3n) is 2.80. The van der Waals surface area contributed by atoms with Crippen molar-refractivity contribution in [2.24, 2.45) is 0 Å². The fourth-order valence-electron chi connectivity index (χ4n) is 1.87. The average molecular weight is 271 g/mol. The SMILES string of the molecule is Cc1cc2c(Sc3ccc(CO)cc3)nccn2n1. The molecule has 0 amide bonds. The molecule has 3 aromatic rings. The smallest absolute Gasteiger partial charge is 0.127 e. The van der Waals surface area contributed by atoms with E-state index in [2.05, 4.69) is 10.1 Å². The molecule has 5 heteroatoms. The lowest BCUT2D eigenvalue weighted by Gasteiger charge is -2.03. The lowest BCUT2D eigenvalue weighted by Crippen LogP contribution is -1.90. The van der Waals surface area contributed by atoms with Gasteiger partial charge in [0, 0.05) is 17.3 Å². The van der Waals surface area contributed by atoms with Crippen molar-refractivity contribution in [3.05, 3.63) is 54.0 Å². The normalized spacial score (nSPS) is 11.1. The van der Waals surface area contributed by atoms with Gasteiger partial charge in [0.15, 0.2) is 0 Å². The molecule has 1 aromatic carbocycles. The number of hydrogen-bond acceptors (Lipinski definition) is 4. The fraction of sp³-hybridized carbons (Fsp3) is 0.143. The minimum atomic E-state index is 0.0700. The number of rotatable bonds is 3. The molecule has 0 aliphatic carbocycles. The number of aromatic nitrogens is 3. The molecule has 1 N–H and O–H groups in total. The summed E-state index contributed by atoms with van der Waals surface area (Å²) in [5.74, 6) is 0. The Morgan fingerprint density at radius 1 is 1.26 bits per heavy atom. The van der Waals surface area contributed by atoms with E-state index in [1.807, 2.05) is 48.0 Å². The molecule has 3 rings (SSSR count). The van der Waals surface area contributed by atoms with E-state index < -0.39 is 0 Å². The Hall–Kier alpha value is -1.85. The standard InChI is InChI=1S/C14H13N3OS/c1-10-8-13-14(15-6-7-17(13)16-10)19-12-4-2-11(9-18)3-5-12/h2-8,18H,9H2,1H3. The second-order valence-corrected chi connectivity index (χ2v) is 5.31. The number of nitrogens with zero attached hydrogens (tertiary/aromatic N) is 3. The van der Waals surface area contributed by atoms with Crippen molar-refractivity contribution in [1.29, 1.82) is 0 Å². The maximum Gasteiger partial charge on any atom is 0.127 e. The number of aryl methyl sites for hydroxylation is 1. The van der Waals surface area contributed by atoms with Crippen LogP contribution in [0.2, 0.25) is 0 Å². The monoisotopic (exact) mass is 271 g/mol. The van der Waals surface area contributed by atoms with Crippen LogP contribution in [0.4, 0.5) is 0 Å². The van der Waals surface area contributed by atoms with E-state index in [0.29, 0.717) is 0 Å². The molecule has 2 heterocycles. The Bertz CT molecular complexity index is 706. The zero-order valence-corrected chi connectivity index (χ0v) is 11.3. The van der Waals surface area contributed by atoms with Crippen molar-refractivity contribution in [3.63, 3.8) is 0 Å². The molecule has 19 heavy (non-hydrogen) atoms. The van der Waals surface area contributed by atoms with Crippen molar-refractivity contribution in [2.75, 3.05) is 0 Å². The van der Waals surface area contributed by atoms with E-state index in [-0.39, 0.29) is 6.61 Å². The average Bonchev–Trinajstić information content (AvgIpc) is 2.81. The largest absolute Gasteiger partial charge is 0.392 e. The summed E-state index contributed by atoms with van der Waals surface area (Å²) in [7, 11) is 0. The fourth-order valence-corrected chi connectivity index (χ4v) is 2.74. The van der Waals surface area contributed by atoms with Crippen molar-refractivity contribution in [2.45, 2.75) is 23.5 Å². The van der Waals surface area contributed by atoms with E-state index in [0.717, 1.165) is 26.7 Å². The van der Waals surface area contributed by atoms with Crippen LogP contribution in [0.3, 0.4) is 0 Å². The molecule has 0 radical (unpaired) electrons. The van der Waals surface area contributed by atoms with Crippen LogP contribution in [-0.4, -0.2) is 19.7 Å². The summed E-state index contributed by atoms with van der Waals surface area (Å²) in [4.78, 5) is 5.50. The quantitative estimate of drug-likeness (QED) is 0.795. The van der Waals surface area contributed by atoms with Crippen LogP contribution < -0.4 is 0 Å². The van der Waals surface area contributed by atoms with Gasteiger partial charge in [0.05, 0.1) is 17.8 Å². The second-order valence-electron chi connectivity index (χ2n) is 4.25. The van der Waals surface area contributed by atoms with Crippen LogP contribution >= 0.6 is 11.8 Å². The van der Waals surface area contributed by atoms with Gasteiger partial charge in [0.2, 0.25) is 0 Å². The van der Waals surface area contributed by atoms with Crippen LogP contribution in [0, 0.1) is 6.92 Å².